The van der Waals surface area contributed by atoms with E-state index in [1.54, 1.807) is 6.26 Å². The number of aliphatic imine (C=N–C) groups is 2. The number of carboxylic acids is 3. The van der Waals surface area contributed by atoms with Gasteiger partial charge in [0.25, 0.3) is 0 Å². The van der Waals surface area contributed by atoms with Crippen LogP contribution < -0.4 is 61.0 Å². The SMILES string of the molecule is CSCC[C@H](NC(=O)[C@H](CCC(=O)O)NC(=O)[C@@H](N)CCC(=O)O)C(=O)N[C@@H](CC(N)=O)C(=O)N[C@@H](CCCN=C(N)N)C(=O)N[C@@H](CCCN=C(N)N)C(=O)O. The van der Waals surface area contributed by atoms with Gasteiger partial charge in [0.1, 0.15) is 30.2 Å². The molecule has 20 N–H and O–H groups in total. The second-order valence-corrected chi connectivity index (χ2v) is 13.5. The lowest BCUT2D eigenvalue weighted by atomic mass is 10.1. The van der Waals surface area contributed by atoms with Crippen LogP contribution in [-0.4, -0.2) is 142 Å². The van der Waals surface area contributed by atoms with Gasteiger partial charge in [-0.2, -0.15) is 11.8 Å². The predicted octanol–water partition coefficient (Wildman–Crippen LogP) is -5.71. The first-order valence-electron chi connectivity index (χ1n) is 17.5. The Bertz CT molecular complexity index is 1470. The zero-order valence-electron chi connectivity index (χ0n) is 31.4. The molecule has 26 heteroatoms. The summed E-state index contributed by atoms with van der Waals surface area (Å²) in [6.07, 6.45) is -0.995. The number of hydrogen-bond acceptors (Lipinski definition) is 13. The molecule has 0 fully saturated rings. The standard InChI is InChI=1S/C31H55N13O12S/c1-57-13-10-18(42-26(52)17(7-9-23(48)49)40-24(50)15(32)6-8-22(46)47)27(53)44-20(14-21(33)45)28(54)41-16(4-2-11-38-30(34)35)25(51)43-19(29(55)56)5-3-12-39-31(36)37/h15-20H,2-14,32H2,1H3,(H2,33,45)(H,40,50)(H,41,54)(H,42,52)(H,43,51)(H,44,53)(H,46,47)(H,48,49)(H,55,56)(H4,34,35,38)(H4,36,37,39)/t15-,16-,17-,18-,19-,20-/m0/s1. The number of hydrogen-bond donors (Lipinski definition) is 14. The van der Waals surface area contributed by atoms with Crippen LogP contribution in [0.25, 0.3) is 0 Å². The summed E-state index contributed by atoms with van der Waals surface area (Å²) in [5.74, 6) is -10.3. The third-order valence-corrected chi connectivity index (χ3v) is 8.35. The van der Waals surface area contributed by atoms with Gasteiger partial charge >= 0.3 is 17.9 Å². The molecular weight excluding hydrogens is 778 g/mol. The van der Waals surface area contributed by atoms with Crippen LogP contribution in [0, 0.1) is 0 Å². The number of carbonyl (C=O) groups excluding carboxylic acids is 6. The molecule has 0 heterocycles. The molecule has 0 spiro atoms. The maximum absolute atomic E-state index is 13.6. The van der Waals surface area contributed by atoms with Crippen LogP contribution >= 0.6 is 11.8 Å². The van der Waals surface area contributed by atoms with Crippen LogP contribution in [0.5, 0.6) is 0 Å². The second-order valence-electron chi connectivity index (χ2n) is 12.5. The molecule has 0 bridgehead atoms. The summed E-state index contributed by atoms with van der Waals surface area (Å²) < 4.78 is 0. The molecule has 0 aliphatic carbocycles. The number of thioether (sulfide) groups is 1. The molecule has 0 rings (SSSR count). The van der Waals surface area contributed by atoms with Gasteiger partial charge in [0.2, 0.25) is 35.4 Å². The van der Waals surface area contributed by atoms with Crippen molar-refractivity contribution in [2.75, 3.05) is 25.1 Å². The first-order chi connectivity index (χ1) is 26.7. The molecule has 322 valence electrons. The van der Waals surface area contributed by atoms with E-state index in [1.807, 2.05) is 0 Å². The molecule has 6 atom stereocenters. The average molecular weight is 834 g/mol. The van der Waals surface area contributed by atoms with E-state index in [1.165, 1.54) is 11.8 Å². The summed E-state index contributed by atoms with van der Waals surface area (Å²) in [6, 6.07) is -8.97. The van der Waals surface area contributed by atoms with E-state index in [-0.39, 0.29) is 69.3 Å². The number of nitrogens with zero attached hydrogens (tertiary/aromatic N) is 2. The van der Waals surface area contributed by atoms with Crippen molar-refractivity contribution in [2.45, 2.75) is 100 Å². The maximum Gasteiger partial charge on any atom is 0.326 e. The monoisotopic (exact) mass is 833 g/mol. The number of guanidine groups is 2. The third-order valence-electron chi connectivity index (χ3n) is 7.71. The van der Waals surface area contributed by atoms with Gasteiger partial charge < -0.3 is 76.3 Å². The number of nitrogens with two attached hydrogens (primary N) is 6. The number of nitrogens with one attached hydrogen (secondary N) is 5. The predicted molar refractivity (Wildman–Crippen MR) is 206 cm³/mol. The van der Waals surface area contributed by atoms with Gasteiger partial charge in [0, 0.05) is 25.9 Å². The van der Waals surface area contributed by atoms with Crippen molar-refractivity contribution in [3.05, 3.63) is 0 Å². The minimum atomic E-state index is -1.73. The van der Waals surface area contributed by atoms with Crippen molar-refractivity contribution in [3.63, 3.8) is 0 Å². The minimum absolute atomic E-state index is 0.00328. The van der Waals surface area contributed by atoms with Gasteiger partial charge in [-0.1, -0.05) is 0 Å². The van der Waals surface area contributed by atoms with Crippen molar-refractivity contribution in [3.8, 4) is 0 Å². The molecule has 0 saturated carbocycles. The fourth-order valence-electron chi connectivity index (χ4n) is 4.76. The highest BCUT2D eigenvalue weighted by molar-refractivity contribution is 7.98. The van der Waals surface area contributed by atoms with Gasteiger partial charge in [-0.25, -0.2) is 4.79 Å². The highest BCUT2D eigenvalue weighted by Crippen LogP contribution is 2.08. The first-order valence-corrected chi connectivity index (χ1v) is 18.9. The van der Waals surface area contributed by atoms with E-state index < -0.39 is 115 Å². The molecule has 6 amide bonds. The fraction of sp³-hybridized carbons (Fsp3) is 0.645. The van der Waals surface area contributed by atoms with Gasteiger partial charge in [-0.05, 0) is 57.0 Å². The zero-order chi connectivity index (χ0) is 43.7. The summed E-state index contributed by atoms with van der Waals surface area (Å²) in [5.41, 5.74) is 32.4. The summed E-state index contributed by atoms with van der Waals surface area (Å²) in [7, 11) is 0. The Morgan fingerprint density at radius 3 is 1.37 bits per heavy atom. The van der Waals surface area contributed by atoms with Gasteiger partial charge in [0.05, 0.1) is 12.5 Å². The van der Waals surface area contributed by atoms with Crippen LogP contribution in [0.1, 0.15) is 64.2 Å². The molecule has 57 heavy (non-hydrogen) atoms. The highest BCUT2D eigenvalue weighted by Gasteiger charge is 2.33. The lowest BCUT2D eigenvalue weighted by molar-refractivity contribution is -0.142. The van der Waals surface area contributed by atoms with E-state index >= 15 is 0 Å². The molecule has 0 aliphatic heterocycles. The number of carboxylic acid groups (broad SMARTS) is 3. The molecule has 0 unspecified atom stereocenters. The number of aliphatic carboxylic acids is 3. The lowest BCUT2D eigenvalue weighted by Crippen LogP contribution is -2.59. The maximum atomic E-state index is 13.6. The zero-order valence-corrected chi connectivity index (χ0v) is 32.3. The molecular formula is C31H55N13O12S. The molecule has 0 aliphatic rings. The summed E-state index contributed by atoms with van der Waals surface area (Å²) in [6.45, 7) is 0.0667. The van der Waals surface area contributed by atoms with E-state index in [9.17, 15) is 53.4 Å². The Morgan fingerprint density at radius 1 is 0.544 bits per heavy atom. The largest absolute Gasteiger partial charge is 0.481 e. The number of rotatable bonds is 30. The second kappa shape index (κ2) is 27.6. The van der Waals surface area contributed by atoms with Gasteiger partial charge in [-0.15, -0.1) is 0 Å². The topological polar surface area (TPSA) is 455 Å². The van der Waals surface area contributed by atoms with E-state index in [4.69, 9.17) is 39.5 Å². The van der Waals surface area contributed by atoms with E-state index in [0.717, 1.165) is 0 Å². The first kappa shape index (κ1) is 51.1. The molecule has 0 aromatic carbocycles. The van der Waals surface area contributed by atoms with Gasteiger partial charge in [0.15, 0.2) is 11.9 Å². The Morgan fingerprint density at radius 2 is 0.930 bits per heavy atom. The van der Waals surface area contributed by atoms with Crippen molar-refractivity contribution in [2.24, 2.45) is 44.4 Å². The normalized spacial score (nSPS) is 13.8. The van der Waals surface area contributed by atoms with Crippen molar-refractivity contribution < 1.29 is 58.5 Å². The van der Waals surface area contributed by atoms with Crippen LogP contribution in [-0.2, 0) is 43.2 Å². The lowest BCUT2D eigenvalue weighted by Gasteiger charge is -2.27. The van der Waals surface area contributed by atoms with E-state index in [2.05, 4.69) is 36.6 Å². The quantitative estimate of drug-likeness (QED) is 0.0182. The minimum Gasteiger partial charge on any atom is -0.481 e. The molecule has 0 radical (unpaired) electrons. The molecule has 25 nitrogen and oxygen atoms in total. The summed E-state index contributed by atoms with van der Waals surface area (Å²) in [5, 5.41) is 39.5. The van der Waals surface area contributed by atoms with Crippen LogP contribution in [0.2, 0.25) is 0 Å². The van der Waals surface area contributed by atoms with Crippen molar-refractivity contribution >= 4 is 77.0 Å². The number of amides is 6. The molecule has 0 aromatic rings. The van der Waals surface area contributed by atoms with Crippen LogP contribution in [0.3, 0.4) is 0 Å². The smallest absolute Gasteiger partial charge is 0.326 e. The van der Waals surface area contributed by atoms with Crippen LogP contribution in [0.15, 0.2) is 9.98 Å². The number of carbonyl (C=O) groups is 9. The Kier molecular flexibility index (Phi) is 24.8. The van der Waals surface area contributed by atoms with Gasteiger partial charge in [-0.3, -0.25) is 48.3 Å². The third kappa shape index (κ3) is 23.6. The molecule has 0 aromatic heterocycles. The Hall–Kier alpha value is -5.92. The fourth-order valence-corrected chi connectivity index (χ4v) is 5.23. The summed E-state index contributed by atoms with van der Waals surface area (Å²) >= 11 is 1.27. The van der Waals surface area contributed by atoms with Crippen molar-refractivity contribution in [1.29, 1.82) is 0 Å². The van der Waals surface area contributed by atoms with Crippen LogP contribution in [0.4, 0.5) is 0 Å². The number of primary amides is 1. The summed E-state index contributed by atoms with van der Waals surface area (Å²) in [4.78, 5) is 120. The Balaban J connectivity index is 6.30. The average Bonchev–Trinajstić information content (AvgIpc) is 3.11. The van der Waals surface area contributed by atoms with E-state index in [0.29, 0.717) is 0 Å². The molecule has 0 saturated heterocycles. The highest BCUT2D eigenvalue weighted by atomic mass is 32.2. The van der Waals surface area contributed by atoms with Crippen molar-refractivity contribution in [1.82, 2.24) is 26.6 Å². The Labute approximate surface area is 331 Å².